The first-order valence-electron chi connectivity index (χ1n) is 12.1. The topological polar surface area (TPSA) is 166 Å². The van der Waals surface area contributed by atoms with Crippen molar-refractivity contribution in [3.63, 3.8) is 0 Å². The fraction of sp³-hybridized carbons (Fsp3) is 0.0345. The minimum absolute atomic E-state index is 0.111. The van der Waals surface area contributed by atoms with Gasteiger partial charge in [0.2, 0.25) is 17.4 Å². The highest BCUT2D eigenvalue weighted by Crippen LogP contribution is 2.41. The molecule has 5 N–H and O–H groups in total. The number of aromatic nitrogens is 3. The number of hydrogen-bond acceptors (Lipinski definition) is 8. The summed E-state index contributed by atoms with van der Waals surface area (Å²) in [7, 11) is 1.79. The maximum absolute atomic E-state index is 15.7. The van der Waals surface area contributed by atoms with E-state index in [0.29, 0.717) is 11.4 Å². The molecule has 0 unspecified atom stereocenters. The number of carbonyl (C=O) groups is 1. The van der Waals surface area contributed by atoms with Gasteiger partial charge in [0.15, 0.2) is 11.5 Å². The first kappa shape index (κ1) is 27.6. The lowest BCUT2D eigenvalue weighted by Crippen LogP contribution is -2.11. The second-order valence-corrected chi connectivity index (χ2v) is 8.80. The van der Waals surface area contributed by atoms with Gasteiger partial charge in [-0.15, -0.1) is 0 Å². The predicted molar refractivity (Wildman–Crippen MR) is 146 cm³/mol. The van der Waals surface area contributed by atoms with Gasteiger partial charge in [0.25, 0.3) is 11.8 Å². The highest BCUT2D eigenvalue weighted by atomic mass is 19.1. The summed E-state index contributed by atoms with van der Waals surface area (Å²) < 4.78 is 49.8. The molecule has 0 atom stereocenters. The molecule has 212 valence electrons. The lowest BCUT2D eigenvalue weighted by atomic mass is 10.2. The molecule has 3 aromatic carbocycles. The maximum Gasteiger partial charge on any atom is 0.335 e. The summed E-state index contributed by atoms with van der Waals surface area (Å²) in [6.07, 6.45) is 3.35. The van der Waals surface area contributed by atoms with E-state index in [1.807, 2.05) is 0 Å². The summed E-state index contributed by atoms with van der Waals surface area (Å²) in [6.45, 7) is 0. The van der Waals surface area contributed by atoms with Gasteiger partial charge in [-0.05, 0) is 48.5 Å². The quantitative estimate of drug-likeness (QED) is 0.125. The summed E-state index contributed by atoms with van der Waals surface area (Å²) >= 11 is 0. The van der Waals surface area contributed by atoms with Crippen LogP contribution < -0.4 is 19.9 Å². The number of aromatic hydroxyl groups is 1. The number of nitrogens with zero attached hydrogens (tertiary/aromatic N) is 3. The van der Waals surface area contributed by atoms with Crippen LogP contribution in [0.4, 0.5) is 8.78 Å². The van der Waals surface area contributed by atoms with Crippen LogP contribution in [0.5, 0.6) is 40.5 Å². The first-order valence-corrected chi connectivity index (χ1v) is 12.1. The molecule has 5 aromatic rings. The Morgan fingerprint density at radius 3 is 2.29 bits per heavy atom. The molecule has 0 aliphatic rings. The Bertz CT molecular complexity index is 1840. The molecular weight excluding hydrogens is 552 g/mol. The van der Waals surface area contributed by atoms with Gasteiger partial charge in [-0.3, -0.25) is 5.41 Å². The summed E-state index contributed by atoms with van der Waals surface area (Å²) in [6, 6.07) is 15.1. The number of ether oxygens (including phenoxy) is 3. The highest BCUT2D eigenvalue weighted by Gasteiger charge is 2.27. The molecule has 0 saturated heterocycles. The fourth-order valence-corrected chi connectivity index (χ4v) is 3.84. The average molecular weight is 574 g/mol. The summed E-state index contributed by atoms with van der Waals surface area (Å²) in [4.78, 5) is 19.5. The fourth-order valence-electron chi connectivity index (χ4n) is 3.84. The van der Waals surface area contributed by atoms with Crippen molar-refractivity contribution in [2.75, 3.05) is 0 Å². The first-order chi connectivity index (χ1) is 20.1. The molecule has 5 rings (SSSR count). The van der Waals surface area contributed by atoms with E-state index in [4.69, 9.17) is 25.4 Å². The Balaban J connectivity index is 1.60. The van der Waals surface area contributed by atoms with Gasteiger partial charge >= 0.3 is 5.97 Å². The van der Waals surface area contributed by atoms with Crippen molar-refractivity contribution in [1.29, 1.82) is 5.41 Å². The molecule has 42 heavy (non-hydrogen) atoms. The van der Waals surface area contributed by atoms with Gasteiger partial charge in [-0.25, -0.2) is 9.78 Å². The van der Waals surface area contributed by atoms with Gasteiger partial charge in [-0.2, -0.15) is 13.8 Å². The lowest BCUT2D eigenvalue weighted by molar-refractivity contribution is 0.0696. The number of nitrogens with one attached hydrogen (secondary N) is 1. The Morgan fingerprint density at radius 2 is 1.62 bits per heavy atom. The van der Waals surface area contributed by atoms with Crippen molar-refractivity contribution < 1.29 is 38.0 Å². The smallest absolute Gasteiger partial charge is 0.335 e. The molecule has 0 bridgehead atoms. The van der Waals surface area contributed by atoms with Crippen LogP contribution in [-0.4, -0.2) is 36.6 Å². The molecule has 11 nitrogen and oxygen atoms in total. The van der Waals surface area contributed by atoms with E-state index in [-0.39, 0.29) is 34.2 Å². The van der Waals surface area contributed by atoms with Crippen molar-refractivity contribution in [3.05, 3.63) is 102 Å². The number of benzene rings is 3. The Morgan fingerprint density at radius 1 is 0.929 bits per heavy atom. The number of pyridine rings is 1. The normalized spacial score (nSPS) is 10.7. The van der Waals surface area contributed by atoms with Crippen molar-refractivity contribution >= 4 is 11.8 Å². The Kier molecular flexibility index (Phi) is 7.39. The monoisotopic (exact) mass is 573 g/mol. The summed E-state index contributed by atoms with van der Waals surface area (Å²) in [5, 5.41) is 27.2. The molecule has 0 spiro atoms. The number of amidine groups is 1. The van der Waals surface area contributed by atoms with E-state index >= 15 is 8.78 Å². The van der Waals surface area contributed by atoms with Gasteiger partial charge < -0.3 is 34.7 Å². The van der Waals surface area contributed by atoms with E-state index in [1.165, 1.54) is 36.4 Å². The number of rotatable bonds is 9. The van der Waals surface area contributed by atoms with E-state index < -0.39 is 40.9 Å². The molecule has 2 aromatic heterocycles. The number of hydrogen-bond donors (Lipinski definition) is 4. The third kappa shape index (κ3) is 5.65. The Labute approximate surface area is 236 Å². The van der Waals surface area contributed by atoms with Crippen molar-refractivity contribution in [1.82, 2.24) is 14.5 Å². The molecule has 0 fully saturated rings. The van der Waals surface area contributed by atoms with Crippen LogP contribution >= 0.6 is 0 Å². The summed E-state index contributed by atoms with van der Waals surface area (Å²) in [5.74, 6) is -7.32. The number of carboxylic acids is 1. The molecule has 13 heteroatoms. The SMILES string of the molecule is Cn1ccnc1-c1cccc(Oc2nc(Oc3cc(C(=N)N)ccc3O)c(F)c(Oc3cccc(C(=O)O)c3)c2F)c1. The average Bonchev–Trinajstić information content (AvgIpc) is 3.40. The molecule has 0 aliphatic carbocycles. The zero-order valence-electron chi connectivity index (χ0n) is 21.7. The number of aromatic carboxylic acids is 1. The number of nitrogen functional groups attached to an aromatic ring is 1. The maximum atomic E-state index is 15.7. The minimum Gasteiger partial charge on any atom is -0.504 e. The molecule has 0 radical (unpaired) electrons. The van der Waals surface area contributed by atoms with Crippen LogP contribution in [-0.2, 0) is 7.05 Å². The number of phenols is 1. The lowest BCUT2D eigenvalue weighted by Gasteiger charge is -2.15. The van der Waals surface area contributed by atoms with E-state index in [2.05, 4.69) is 9.97 Å². The third-order valence-corrected chi connectivity index (χ3v) is 5.88. The summed E-state index contributed by atoms with van der Waals surface area (Å²) in [5.41, 5.74) is 6.10. The molecular formula is C29H21F2N5O6. The largest absolute Gasteiger partial charge is 0.504 e. The van der Waals surface area contributed by atoms with Crippen molar-refractivity contribution in [2.24, 2.45) is 12.8 Å². The molecule has 2 heterocycles. The van der Waals surface area contributed by atoms with Crippen LogP contribution in [0.3, 0.4) is 0 Å². The number of nitrogens with two attached hydrogens (primary N) is 1. The van der Waals surface area contributed by atoms with E-state index in [0.717, 1.165) is 12.1 Å². The van der Waals surface area contributed by atoms with Crippen LogP contribution in [0.15, 0.2) is 79.1 Å². The van der Waals surface area contributed by atoms with Crippen LogP contribution in [0.25, 0.3) is 11.4 Å². The van der Waals surface area contributed by atoms with E-state index in [9.17, 15) is 15.0 Å². The number of carboxylic acid groups (broad SMARTS) is 1. The van der Waals surface area contributed by atoms with Gasteiger partial charge in [0.1, 0.15) is 23.2 Å². The van der Waals surface area contributed by atoms with Crippen molar-refractivity contribution in [3.8, 4) is 51.9 Å². The minimum atomic E-state index is -1.42. The second-order valence-electron chi connectivity index (χ2n) is 8.80. The van der Waals surface area contributed by atoms with Gasteiger partial charge in [0.05, 0.1) is 5.56 Å². The number of halogens is 2. The second kappa shape index (κ2) is 11.3. The van der Waals surface area contributed by atoms with Gasteiger partial charge in [-0.1, -0.05) is 18.2 Å². The highest BCUT2D eigenvalue weighted by molar-refractivity contribution is 5.95. The predicted octanol–water partition coefficient (Wildman–Crippen LogP) is 5.83. The van der Waals surface area contributed by atoms with Crippen LogP contribution in [0.2, 0.25) is 0 Å². The standard InChI is InChI=1S/C29H21F2N5O6/c1-36-11-10-34-26(36)16-4-2-7-19(12-16)41-27-22(30)24(40-18-6-3-5-17(13-18)29(38)39)23(31)28(35-27)42-21-14-15(25(32)33)8-9-20(21)37/h2-14,37H,1H3,(H3,32,33)(H,38,39). The zero-order chi connectivity index (χ0) is 30.0. The van der Waals surface area contributed by atoms with Crippen LogP contribution in [0, 0.1) is 17.0 Å². The number of imidazole rings is 1. The molecule has 0 aliphatic heterocycles. The molecule has 0 saturated carbocycles. The Hall–Kier alpha value is -5.98. The van der Waals surface area contributed by atoms with Crippen molar-refractivity contribution in [2.45, 2.75) is 0 Å². The molecule has 0 amide bonds. The van der Waals surface area contributed by atoms with Crippen LogP contribution in [0.1, 0.15) is 15.9 Å². The van der Waals surface area contributed by atoms with Gasteiger partial charge in [0, 0.05) is 30.6 Å². The zero-order valence-corrected chi connectivity index (χ0v) is 21.7. The number of phenolic OH excluding ortho intramolecular Hbond substituents is 1. The third-order valence-electron chi connectivity index (χ3n) is 5.88. The number of aryl methyl sites for hydroxylation is 1. The van der Waals surface area contributed by atoms with E-state index in [1.54, 1.807) is 42.2 Å².